The lowest BCUT2D eigenvalue weighted by molar-refractivity contribution is 0.173. The molecule has 0 spiro atoms. The first-order valence-corrected chi connectivity index (χ1v) is 8.66. The maximum atomic E-state index is 6.18. The Morgan fingerprint density at radius 2 is 1.91 bits per heavy atom. The van der Waals surface area contributed by atoms with E-state index in [4.69, 9.17) is 10.7 Å². The smallest absolute Gasteiger partial charge is 0.114 e. The second kappa shape index (κ2) is 6.80. The van der Waals surface area contributed by atoms with Gasteiger partial charge in [0.05, 0.1) is 11.0 Å². The van der Waals surface area contributed by atoms with E-state index in [0.29, 0.717) is 18.4 Å². The van der Waals surface area contributed by atoms with Gasteiger partial charge in [0.1, 0.15) is 5.82 Å². The van der Waals surface area contributed by atoms with Gasteiger partial charge < -0.3 is 15.2 Å². The molecule has 1 aliphatic rings. The Balaban J connectivity index is 1.90. The van der Waals surface area contributed by atoms with Crippen LogP contribution in [-0.4, -0.2) is 40.6 Å². The molecule has 1 aliphatic heterocycles. The number of para-hydroxylation sites is 2. The molecule has 0 amide bonds. The van der Waals surface area contributed by atoms with Gasteiger partial charge >= 0.3 is 0 Å². The predicted octanol–water partition coefficient (Wildman–Crippen LogP) is 2.83. The molecule has 4 nitrogen and oxygen atoms in total. The molecular weight excluding hydrogens is 272 g/mol. The van der Waals surface area contributed by atoms with E-state index in [9.17, 15) is 0 Å². The molecule has 2 aromatic rings. The second-order valence-corrected chi connectivity index (χ2v) is 6.32. The summed E-state index contributed by atoms with van der Waals surface area (Å²) in [6.07, 6.45) is 2.48. The van der Waals surface area contributed by atoms with Crippen molar-refractivity contribution in [2.24, 2.45) is 11.7 Å². The van der Waals surface area contributed by atoms with E-state index in [-0.39, 0.29) is 0 Å². The van der Waals surface area contributed by atoms with E-state index in [1.54, 1.807) is 0 Å². The van der Waals surface area contributed by atoms with Crippen molar-refractivity contribution in [1.29, 1.82) is 0 Å². The second-order valence-electron chi connectivity index (χ2n) is 6.32. The van der Waals surface area contributed by atoms with Crippen molar-refractivity contribution in [3.63, 3.8) is 0 Å². The lowest BCUT2D eigenvalue weighted by atomic mass is 9.83. The van der Waals surface area contributed by atoms with Gasteiger partial charge in [-0.1, -0.05) is 19.1 Å². The summed E-state index contributed by atoms with van der Waals surface area (Å²) >= 11 is 0. The van der Waals surface area contributed by atoms with Crippen LogP contribution in [0.2, 0.25) is 0 Å². The Bertz CT molecular complexity index is 611. The van der Waals surface area contributed by atoms with Crippen molar-refractivity contribution < 1.29 is 0 Å². The number of aromatic nitrogens is 2. The van der Waals surface area contributed by atoms with Crippen molar-refractivity contribution in [2.75, 3.05) is 26.2 Å². The fraction of sp³-hybridized carbons (Fsp3) is 0.611. The predicted molar refractivity (Wildman–Crippen MR) is 92.0 cm³/mol. The average molecular weight is 300 g/mol. The molecule has 0 aliphatic carbocycles. The number of piperidine rings is 1. The van der Waals surface area contributed by atoms with Crippen LogP contribution in [0.4, 0.5) is 0 Å². The van der Waals surface area contributed by atoms with Crippen LogP contribution in [0, 0.1) is 5.92 Å². The first-order valence-electron chi connectivity index (χ1n) is 8.66. The molecule has 120 valence electrons. The van der Waals surface area contributed by atoms with Gasteiger partial charge in [0.2, 0.25) is 0 Å². The number of nitrogens with two attached hydrogens (primary N) is 1. The summed E-state index contributed by atoms with van der Waals surface area (Å²) in [5.41, 5.74) is 8.52. The Morgan fingerprint density at radius 1 is 1.18 bits per heavy atom. The number of likely N-dealkylation sites (tertiary alicyclic amines) is 1. The Kier molecular flexibility index (Phi) is 4.79. The molecule has 0 bridgehead atoms. The van der Waals surface area contributed by atoms with Crippen LogP contribution < -0.4 is 5.73 Å². The maximum Gasteiger partial charge on any atom is 0.114 e. The molecular formula is C18H28N4. The standard InChI is InChI=1S/C18H28N4/c1-3-21-11-9-14(10-12-21)15(13-19)18-20-16-7-5-6-8-17(16)22(18)4-2/h5-8,14-15H,3-4,9-13,19H2,1-2H3. The van der Waals surface area contributed by atoms with Crippen molar-refractivity contribution in [3.8, 4) is 0 Å². The number of aryl methyl sites for hydroxylation is 1. The maximum absolute atomic E-state index is 6.18. The minimum Gasteiger partial charge on any atom is -0.330 e. The molecule has 2 N–H and O–H groups in total. The number of hydrogen-bond donors (Lipinski definition) is 1. The highest BCUT2D eigenvalue weighted by molar-refractivity contribution is 5.76. The number of imidazole rings is 1. The minimum absolute atomic E-state index is 0.381. The van der Waals surface area contributed by atoms with Crippen LogP contribution in [0.15, 0.2) is 24.3 Å². The highest BCUT2D eigenvalue weighted by Crippen LogP contribution is 2.33. The summed E-state index contributed by atoms with van der Waals surface area (Å²) in [5, 5.41) is 0. The van der Waals surface area contributed by atoms with Gasteiger partial charge in [0.25, 0.3) is 0 Å². The molecule has 4 heteroatoms. The summed E-state index contributed by atoms with van der Waals surface area (Å²) in [4.78, 5) is 7.47. The van der Waals surface area contributed by atoms with E-state index in [0.717, 1.165) is 18.6 Å². The molecule has 22 heavy (non-hydrogen) atoms. The Morgan fingerprint density at radius 3 is 2.55 bits per heavy atom. The molecule has 1 fully saturated rings. The third-order valence-corrected chi connectivity index (χ3v) is 5.23. The Hall–Kier alpha value is -1.39. The van der Waals surface area contributed by atoms with E-state index < -0.39 is 0 Å². The van der Waals surface area contributed by atoms with Crippen molar-refractivity contribution in [3.05, 3.63) is 30.1 Å². The lowest BCUT2D eigenvalue weighted by Crippen LogP contribution is -2.37. The molecule has 0 saturated carbocycles. The SMILES string of the molecule is CCN1CCC(C(CN)c2nc3ccccc3n2CC)CC1. The fourth-order valence-electron chi connectivity index (χ4n) is 3.89. The molecule has 1 saturated heterocycles. The minimum atomic E-state index is 0.381. The summed E-state index contributed by atoms with van der Waals surface area (Å²) < 4.78 is 2.36. The summed E-state index contributed by atoms with van der Waals surface area (Å²) in [6.45, 7) is 9.66. The van der Waals surface area contributed by atoms with Gasteiger partial charge in [-0.25, -0.2) is 4.98 Å². The topological polar surface area (TPSA) is 47.1 Å². The third kappa shape index (κ3) is 2.77. The van der Waals surface area contributed by atoms with Crippen LogP contribution in [0.3, 0.4) is 0 Å². The highest BCUT2D eigenvalue weighted by Gasteiger charge is 2.29. The van der Waals surface area contributed by atoms with Gasteiger partial charge in [-0.05, 0) is 57.5 Å². The molecule has 1 aromatic carbocycles. The fourth-order valence-corrected chi connectivity index (χ4v) is 3.89. The van der Waals surface area contributed by atoms with Crippen LogP contribution >= 0.6 is 0 Å². The zero-order valence-corrected chi connectivity index (χ0v) is 13.8. The molecule has 2 heterocycles. The molecule has 1 aromatic heterocycles. The normalized spacial score (nSPS) is 18.9. The third-order valence-electron chi connectivity index (χ3n) is 5.23. The summed E-state index contributed by atoms with van der Waals surface area (Å²) in [5.74, 6) is 2.24. The highest BCUT2D eigenvalue weighted by atomic mass is 15.1. The van der Waals surface area contributed by atoms with Crippen molar-refractivity contribution in [1.82, 2.24) is 14.5 Å². The lowest BCUT2D eigenvalue weighted by Gasteiger charge is -2.35. The molecule has 1 atom stereocenters. The molecule has 3 rings (SSSR count). The quantitative estimate of drug-likeness (QED) is 0.923. The number of benzene rings is 1. The van der Waals surface area contributed by atoms with Crippen molar-refractivity contribution in [2.45, 2.75) is 39.2 Å². The van der Waals surface area contributed by atoms with Crippen molar-refractivity contribution >= 4 is 11.0 Å². The van der Waals surface area contributed by atoms with E-state index in [2.05, 4.69) is 47.6 Å². The first-order chi connectivity index (χ1) is 10.8. The van der Waals surface area contributed by atoms with Gasteiger partial charge in [-0.2, -0.15) is 0 Å². The zero-order valence-electron chi connectivity index (χ0n) is 13.8. The van der Waals surface area contributed by atoms with Crippen LogP contribution in [-0.2, 0) is 6.54 Å². The van der Waals surface area contributed by atoms with Gasteiger partial charge in [-0.15, -0.1) is 0 Å². The van der Waals surface area contributed by atoms with Gasteiger partial charge in [0, 0.05) is 19.0 Å². The zero-order chi connectivity index (χ0) is 15.5. The van der Waals surface area contributed by atoms with Gasteiger partial charge in [-0.3, -0.25) is 0 Å². The number of rotatable bonds is 5. The van der Waals surface area contributed by atoms with E-state index in [1.807, 2.05) is 0 Å². The largest absolute Gasteiger partial charge is 0.330 e. The van der Waals surface area contributed by atoms with E-state index >= 15 is 0 Å². The van der Waals surface area contributed by atoms with Crippen LogP contribution in [0.5, 0.6) is 0 Å². The number of fused-ring (bicyclic) bond motifs is 1. The van der Waals surface area contributed by atoms with Crippen LogP contribution in [0.25, 0.3) is 11.0 Å². The van der Waals surface area contributed by atoms with E-state index in [1.165, 1.54) is 37.3 Å². The van der Waals surface area contributed by atoms with Crippen LogP contribution in [0.1, 0.15) is 38.4 Å². The average Bonchev–Trinajstić information content (AvgIpc) is 2.94. The Labute approximate surface area is 133 Å². The molecule has 0 radical (unpaired) electrons. The first kappa shape index (κ1) is 15.5. The number of hydrogen-bond acceptors (Lipinski definition) is 3. The van der Waals surface area contributed by atoms with Gasteiger partial charge in [0.15, 0.2) is 0 Å². The number of nitrogens with zero attached hydrogens (tertiary/aromatic N) is 3. The summed E-state index contributed by atoms with van der Waals surface area (Å²) in [7, 11) is 0. The monoisotopic (exact) mass is 300 g/mol. The molecule has 1 unspecified atom stereocenters. The summed E-state index contributed by atoms with van der Waals surface area (Å²) in [6, 6.07) is 8.44.